The number of pyridine rings is 1. The molecule has 0 spiro atoms. The number of hydrogen-bond acceptors (Lipinski definition) is 3. The molecule has 4 aromatic rings. The van der Waals surface area contributed by atoms with Crippen LogP contribution in [0.3, 0.4) is 0 Å². The van der Waals surface area contributed by atoms with Crippen molar-refractivity contribution in [2.45, 2.75) is 19.6 Å². The van der Waals surface area contributed by atoms with Gasteiger partial charge < -0.3 is 9.80 Å². The van der Waals surface area contributed by atoms with Gasteiger partial charge in [0, 0.05) is 37.6 Å². The normalized spacial score (nSPS) is 12.5. The monoisotopic (exact) mass is 447 g/mol. The Balaban J connectivity index is 1.41. The molecule has 0 atom stereocenters. The highest BCUT2D eigenvalue weighted by molar-refractivity contribution is 6.00. The minimum atomic E-state index is -0.0857. The van der Waals surface area contributed by atoms with E-state index in [4.69, 9.17) is 0 Å². The lowest BCUT2D eigenvalue weighted by Crippen LogP contribution is -2.40. The highest BCUT2D eigenvalue weighted by Crippen LogP contribution is 2.26. The maximum absolute atomic E-state index is 13.6. The summed E-state index contributed by atoms with van der Waals surface area (Å²) >= 11 is 0. The molecule has 1 aromatic heterocycles. The van der Waals surface area contributed by atoms with Crippen LogP contribution in [0.1, 0.15) is 27.0 Å². The Morgan fingerprint density at radius 1 is 0.794 bits per heavy atom. The van der Waals surface area contributed by atoms with E-state index in [1.54, 1.807) is 17.3 Å². The summed E-state index contributed by atoms with van der Waals surface area (Å²) in [6.45, 7) is 1.40. The van der Waals surface area contributed by atoms with Gasteiger partial charge >= 0.3 is 0 Å². The van der Waals surface area contributed by atoms with Crippen molar-refractivity contribution in [2.24, 2.45) is 0 Å². The number of fused-ring (bicyclic) bond motifs is 1. The van der Waals surface area contributed by atoms with Gasteiger partial charge in [-0.25, -0.2) is 0 Å². The van der Waals surface area contributed by atoms with Crippen LogP contribution in [0.15, 0.2) is 103 Å². The summed E-state index contributed by atoms with van der Waals surface area (Å²) in [7, 11) is 0. The van der Waals surface area contributed by atoms with Crippen molar-refractivity contribution in [3.63, 3.8) is 0 Å². The molecule has 0 bridgehead atoms. The minimum Gasteiger partial charge on any atom is -0.332 e. The molecular weight excluding hydrogens is 422 g/mol. The van der Waals surface area contributed by atoms with Crippen molar-refractivity contribution in [2.75, 3.05) is 6.54 Å². The molecule has 5 nitrogen and oxygen atoms in total. The third-order valence-corrected chi connectivity index (χ3v) is 6.16. The summed E-state index contributed by atoms with van der Waals surface area (Å²) in [6.07, 6.45) is 3.47. The summed E-state index contributed by atoms with van der Waals surface area (Å²) in [5.74, 6) is -0.168. The quantitative estimate of drug-likeness (QED) is 0.404. The SMILES string of the molecule is O=C(CN1Cc2ccccc2C1=O)N(Cc1ccncc1)Cc1ccccc1-c1ccccc1. The first-order chi connectivity index (χ1) is 16.7. The van der Waals surface area contributed by atoms with Gasteiger partial charge in [-0.2, -0.15) is 0 Å². The maximum Gasteiger partial charge on any atom is 0.254 e. The number of hydrogen-bond donors (Lipinski definition) is 0. The molecule has 0 unspecified atom stereocenters. The number of amides is 2. The van der Waals surface area contributed by atoms with Gasteiger partial charge in [-0.3, -0.25) is 14.6 Å². The predicted octanol–water partition coefficient (Wildman–Crippen LogP) is 4.93. The number of benzene rings is 3. The number of aromatic nitrogens is 1. The van der Waals surface area contributed by atoms with Gasteiger partial charge in [0.2, 0.25) is 5.91 Å². The standard InChI is InChI=1S/C29H25N3O2/c33-28(21-32-20-25-11-5-7-13-27(25)29(32)34)31(18-22-14-16-30-17-15-22)19-24-10-4-6-12-26(24)23-8-2-1-3-9-23/h1-17H,18-21H2. The van der Waals surface area contributed by atoms with Crippen LogP contribution in [0.4, 0.5) is 0 Å². The molecule has 1 aliphatic heterocycles. The Morgan fingerprint density at radius 2 is 1.47 bits per heavy atom. The Hall–Kier alpha value is -4.25. The Kier molecular flexibility index (Phi) is 6.17. The third kappa shape index (κ3) is 4.59. The van der Waals surface area contributed by atoms with E-state index in [0.717, 1.165) is 27.8 Å². The Bertz CT molecular complexity index is 1310. The van der Waals surface area contributed by atoms with E-state index >= 15 is 0 Å². The summed E-state index contributed by atoms with van der Waals surface area (Å²) in [5.41, 5.74) is 5.92. The number of carbonyl (C=O) groups is 2. The van der Waals surface area contributed by atoms with Crippen LogP contribution in [0.25, 0.3) is 11.1 Å². The largest absolute Gasteiger partial charge is 0.332 e. The lowest BCUT2D eigenvalue weighted by molar-refractivity contribution is -0.133. The fourth-order valence-corrected chi connectivity index (χ4v) is 4.41. The van der Waals surface area contributed by atoms with Crippen LogP contribution in [0.2, 0.25) is 0 Å². The molecule has 0 aliphatic carbocycles. The van der Waals surface area contributed by atoms with Gasteiger partial charge in [0.15, 0.2) is 0 Å². The van der Waals surface area contributed by atoms with Gasteiger partial charge in [0.25, 0.3) is 5.91 Å². The summed E-state index contributed by atoms with van der Waals surface area (Å²) < 4.78 is 0. The van der Waals surface area contributed by atoms with Crippen LogP contribution in [-0.2, 0) is 24.4 Å². The number of rotatable bonds is 7. The fraction of sp³-hybridized carbons (Fsp3) is 0.138. The molecule has 34 heavy (non-hydrogen) atoms. The molecule has 0 saturated carbocycles. The van der Waals surface area contributed by atoms with Crippen molar-refractivity contribution in [3.05, 3.63) is 126 Å². The molecule has 0 fully saturated rings. The van der Waals surface area contributed by atoms with Crippen molar-refractivity contribution >= 4 is 11.8 Å². The van der Waals surface area contributed by atoms with Gasteiger partial charge in [0.05, 0.1) is 0 Å². The van der Waals surface area contributed by atoms with Crippen LogP contribution in [0, 0.1) is 0 Å². The molecule has 1 aliphatic rings. The third-order valence-electron chi connectivity index (χ3n) is 6.16. The topological polar surface area (TPSA) is 53.5 Å². The van der Waals surface area contributed by atoms with Crippen LogP contribution < -0.4 is 0 Å². The van der Waals surface area contributed by atoms with Gasteiger partial charge in [-0.15, -0.1) is 0 Å². The van der Waals surface area contributed by atoms with E-state index in [1.165, 1.54) is 0 Å². The van der Waals surface area contributed by atoms with E-state index < -0.39 is 0 Å². The molecule has 5 rings (SSSR count). The van der Waals surface area contributed by atoms with Gasteiger partial charge in [-0.05, 0) is 46.0 Å². The zero-order valence-corrected chi connectivity index (χ0v) is 18.8. The average molecular weight is 448 g/mol. The zero-order valence-electron chi connectivity index (χ0n) is 18.8. The smallest absolute Gasteiger partial charge is 0.254 e. The molecule has 0 radical (unpaired) electrons. The van der Waals surface area contributed by atoms with Crippen molar-refractivity contribution in [1.82, 2.24) is 14.8 Å². The lowest BCUT2D eigenvalue weighted by Gasteiger charge is -2.27. The Morgan fingerprint density at radius 3 is 2.24 bits per heavy atom. The van der Waals surface area contributed by atoms with Crippen LogP contribution in [-0.4, -0.2) is 33.1 Å². The van der Waals surface area contributed by atoms with Crippen LogP contribution >= 0.6 is 0 Å². The Labute approximate surface area is 199 Å². The average Bonchev–Trinajstić information content (AvgIpc) is 3.20. The molecular formula is C29H25N3O2. The second-order valence-electron chi connectivity index (χ2n) is 8.45. The number of nitrogens with zero attached hydrogens (tertiary/aromatic N) is 3. The number of carbonyl (C=O) groups excluding carboxylic acids is 2. The molecule has 2 amide bonds. The second-order valence-corrected chi connectivity index (χ2v) is 8.45. The second kappa shape index (κ2) is 9.71. The van der Waals surface area contributed by atoms with E-state index in [-0.39, 0.29) is 18.4 Å². The van der Waals surface area contributed by atoms with Crippen molar-refractivity contribution in [1.29, 1.82) is 0 Å². The van der Waals surface area contributed by atoms with Gasteiger partial charge in [-0.1, -0.05) is 72.8 Å². The fourth-order valence-electron chi connectivity index (χ4n) is 4.41. The molecule has 5 heteroatoms. The van der Waals surface area contributed by atoms with Crippen molar-refractivity contribution in [3.8, 4) is 11.1 Å². The zero-order chi connectivity index (χ0) is 23.3. The van der Waals surface area contributed by atoms with Gasteiger partial charge in [0.1, 0.15) is 6.54 Å². The lowest BCUT2D eigenvalue weighted by atomic mass is 9.99. The van der Waals surface area contributed by atoms with E-state index in [0.29, 0.717) is 25.2 Å². The first-order valence-electron chi connectivity index (χ1n) is 11.4. The molecule has 2 heterocycles. The highest BCUT2D eigenvalue weighted by atomic mass is 16.2. The summed E-state index contributed by atoms with van der Waals surface area (Å²) in [6, 6.07) is 29.7. The maximum atomic E-state index is 13.6. The molecule has 0 saturated heterocycles. The molecule has 0 N–H and O–H groups in total. The predicted molar refractivity (Wildman–Crippen MR) is 132 cm³/mol. The minimum absolute atomic E-state index is 0.0477. The van der Waals surface area contributed by atoms with Crippen molar-refractivity contribution < 1.29 is 9.59 Å². The highest BCUT2D eigenvalue weighted by Gasteiger charge is 2.30. The summed E-state index contributed by atoms with van der Waals surface area (Å²) in [4.78, 5) is 34.0. The van der Waals surface area contributed by atoms with E-state index in [1.807, 2.05) is 71.6 Å². The molecule has 168 valence electrons. The van der Waals surface area contributed by atoms with E-state index in [2.05, 4.69) is 29.2 Å². The first kappa shape index (κ1) is 21.6. The van der Waals surface area contributed by atoms with Crippen LogP contribution in [0.5, 0.6) is 0 Å². The summed E-state index contributed by atoms with van der Waals surface area (Å²) in [5, 5.41) is 0. The first-order valence-corrected chi connectivity index (χ1v) is 11.4. The molecule has 3 aromatic carbocycles. The van der Waals surface area contributed by atoms with E-state index in [9.17, 15) is 9.59 Å².